The van der Waals surface area contributed by atoms with Crippen LogP contribution in [-0.2, 0) is 16.8 Å². The molecule has 78 valence electrons. The molecular weight excluding hydrogens is 202 g/mol. The molecule has 0 spiro atoms. The molecular formula is C8H13N3O2S. The summed E-state index contributed by atoms with van der Waals surface area (Å²) in [7, 11) is -3.60. The van der Waals surface area contributed by atoms with Crippen molar-refractivity contribution in [2.45, 2.75) is 13.5 Å². The molecule has 0 aliphatic heterocycles. The quantitative estimate of drug-likeness (QED) is 0.774. The van der Waals surface area contributed by atoms with Crippen LogP contribution in [0.4, 0.5) is 0 Å². The predicted octanol–water partition coefficient (Wildman–Crippen LogP) is 0.107. The zero-order chi connectivity index (χ0) is 10.6. The van der Waals surface area contributed by atoms with Gasteiger partial charge < -0.3 is 0 Å². The average molecular weight is 215 g/mol. The Bertz CT molecular complexity index is 377. The van der Waals surface area contributed by atoms with Gasteiger partial charge in [-0.05, 0) is 17.7 Å². The fourth-order valence-corrected chi connectivity index (χ4v) is 1.76. The summed E-state index contributed by atoms with van der Waals surface area (Å²) >= 11 is 0. The first-order valence-corrected chi connectivity index (χ1v) is 5.71. The lowest BCUT2D eigenvalue weighted by atomic mass is 10.3. The molecule has 1 heterocycles. The van der Waals surface area contributed by atoms with Crippen molar-refractivity contribution < 1.29 is 8.42 Å². The van der Waals surface area contributed by atoms with E-state index >= 15 is 0 Å². The molecule has 0 unspecified atom stereocenters. The zero-order valence-electron chi connectivity index (χ0n) is 7.92. The van der Waals surface area contributed by atoms with Gasteiger partial charge in [0.05, 0.1) is 0 Å². The average Bonchev–Trinajstić information content (AvgIpc) is 2.14. The van der Waals surface area contributed by atoms with E-state index in [2.05, 4.69) is 4.98 Å². The summed E-state index contributed by atoms with van der Waals surface area (Å²) in [5.74, 6) is 0. The second kappa shape index (κ2) is 4.50. The molecule has 1 aromatic heterocycles. The molecule has 0 radical (unpaired) electrons. The van der Waals surface area contributed by atoms with E-state index in [9.17, 15) is 8.42 Å². The van der Waals surface area contributed by atoms with E-state index in [1.54, 1.807) is 31.5 Å². The Morgan fingerprint density at radius 2 is 2.00 bits per heavy atom. The van der Waals surface area contributed by atoms with Crippen molar-refractivity contribution in [1.29, 1.82) is 0 Å². The molecule has 0 bridgehead atoms. The number of nitrogens with zero attached hydrogens (tertiary/aromatic N) is 2. The lowest BCUT2D eigenvalue weighted by molar-refractivity contribution is 0.424. The molecule has 1 aromatic rings. The molecule has 2 N–H and O–H groups in total. The fraction of sp³-hybridized carbons (Fsp3) is 0.375. The molecule has 14 heavy (non-hydrogen) atoms. The molecule has 1 rings (SSSR count). The van der Waals surface area contributed by atoms with Crippen LogP contribution in [0, 0.1) is 0 Å². The van der Waals surface area contributed by atoms with Crippen LogP contribution in [0.5, 0.6) is 0 Å². The maximum Gasteiger partial charge on any atom is 0.277 e. The lowest BCUT2D eigenvalue weighted by Crippen LogP contribution is -2.35. The van der Waals surface area contributed by atoms with E-state index in [4.69, 9.17) is 5.14 Å². The SMILES string of the molecule is CCN(Cc1ccncc1)S(N)(=O)=O. The van der Waals surface area contributed by atoms with Crippen molar-refractivity contribution in [1.82, 2.24) is 9.29 Å². The molecule has 0 fully saturated rings. The van der Waals surface area contributed by atoms with Crippen molar-refractivity contribution in [3.8, 4) is 0 Å². The molecule has 0 aromatic carbocycles. The fourth-order valence-electron chi connectivity index (χ4n) is 1.07. The first kappa shape index (κ1) is 11.1. The monoisotopic (exact) mass is 215 g/mol. The standard InChI is InChI=1S/C8H13N3O2S/c1-2-11(14(9,12)13)7-8-3-5-10-6-4-8/h3-6H,2,7H2,1H3,(H2,9,12,13). The van der Waals surface area contributed by atoms with E-state index < -0.39 is 10.2 Å². The maximum atomic E-state index is 11.1. The molecule has 6 heteroatoms. The highest BCUT2D eigenvalue weighted by atomic mass is 32.2. The Kier molecular flexibility index (Phi) is 3.56. The summed E-state index contributed by atoms with van der Waals surface area (Å²) < 4.78 is 23.3. The van der Waals surface area contributed by atoms with Crippen LogP contribution < -0.4 is 5.14 Å². The molecule has 0 amide bonds. The second-order valence-corrected chi connectivity index (χ2v) is 4.37. The highest BCUT2D eigenvalue weighted by Crippen LogP contribution is 2.04. The first-order chi connectivity index (χ1) is 6.54. The second-order valence-electron chi connectivity index (χ2n) is 2.83. The normalized spacial score (nSPS) is 11.9. The summed E-state index contributed by atoms with van der Waals surface area (Å²) in [6, 6.07) is 3.52. The molecule has 0 saturated carbocycles. The van der Waals surface area contributed by atoms with Gasteiger partial charge in [-0.2, -0.15) is 12.7 Å². The summed E-state index contributed by atoms with van der Waals surface area (Å²) in [6.07, 6.45) is 3.23. The molecule has 0 atom stereocenters. The minimum Gasteiger partial charge on any atom is -0.265 e. The number of pyridine rings is 1. The van der Waals surface area contributed by atoms with Crippen LogP contribution in [0.25, 0.3) is 0 Å². The van der Waals surface area contributed by atoms with Crippen molar-refractivity contribution in [3.63, 3.8) is 0 Å². The Labute approximate surface area is 83.7 Å². The topological polar surface area (TPSA) is 76.3 Å². The Morgan fingerprint density at radius 3 is 2.43 bits per heavy atom. The number of rotatable bonds is 4. The Balaban J connectivity index is 2.77. The van der Waals surface area contributed by atoms with Crippen molar-refractivity contribution in [2.75, 3.05) is 6.54 Å². The number of hydrogen-bond donors (Lipinski definition) is 1. The van der Waals surface area contributed by atoms with Crippen molar-refractivity contribution >= 4 is 10.2 Å². The van der Waals surface area contributed by atoms with Crippen LogP contribution in [-0.4, -0.2) is 24.3 Å². The lowest BCUT2D eigenvalue weighted by Gasteiger charge is -2.16. The zero-order valence-corrected chi connectivity index (χ0v) is 8.74. The van der Waals surface area contributed by atoms with Crippen LogP contribution in [0.15, 0.2) is 24.5 Å². The molecule has 5 nitrogen and oxygen atoms in total. The van der Waals surface area contributed by atoms with Gasteiger partial charge in [0.25, 0.3) is 10.2 Å². The van der Waals surface area contributed by atoms with Gasteiger partial charge in [0, 0.05) is 25.5 Å². The number of hydrogen-bond acceptors (Lipinski definition) is 3. The number of nitrogens with two attached hydrogens (primary N) is 1. The van der Waals surface area contributed by atoms with Gasteiger partial charge in [0.2, 0.25) is 0 Å². The van der Waals surface area contributed by atoms with E-state index in [1.165, 1.54) is 4.31 Å². The predicted molar refractivity (Wildman–Crippen MR) is 53.4 cm³/mol. The third-order valence-electron chi connectivity index (χ3n) is 1.82. The van der Waals surface area contributed by atoms with Crippen LogP contribution >= 0.6 is 0 Å². The van der Waals surface area contributed by atoms with Crippen LogP contribution in [0.2, 0.25) is 0 Å². The van der Waals surface area contributed by atoms with Crippen LogP contribution in [0.1, 0.15) is 12.5 Å². The van der Waals surface area contributed by atoms with Crippen LogP contribution in [0.3, 0.4) is 0 Å². The third kappa shape index (κ3) is 3.06. The van der Waals surface area contributed by atoms with E-state index in [-0.39, 0.29) is 6.54 Å². The van der Waals surface area contributed by atoms with Gasteiger partial charge in [-0.3, -0.25) is 4.98 Å². The van der Waals surface area contributed by atoms with Crippen molar-refractivity contribution in [2.24, 2.45) is 5.14 Å². The Morgan fingerprint density at radius 1 is 1.43 bits per heavy atom. The molecule has 0 aliphatic carbocycles. The van der Waals surface area contributed by atoms with Gasteiger partial charge in [-0.1, -0.05) is 6.92 Å². The molecule has 0 aliphatic rings. The summed E-state index contributed by atoms with van der Waals surface area (Å²) in [6.45, 7) is 2.39. The largest absolute Gasteiger partial charge is 0.277 e. The van der Waals surface area contributed by atoms with Gasteiger partial charge in [-0.25, -0.2) is 5.14 Å². The van der Waals surface area contributed by atoms with E-state index in [0.717, 1.165) is 5.56 Å². The van der Waals surface area contributed by atoms with E-state index in [0.29, 0.717) is 6.54 Å². The molecule has 0 saturated heterocycles. The summed E-state index contributed by atoms with van der Waals surface area (Å²) in [4.78, 5) is 3.84. The Hall–Kier alpha value is -0.980. The third-order valence-corrected chi connectivity index (χ3v) is 2.93. The van der Waals surface area contributed by atoms with Gasteiger partial charge in [-0.15, -0.1) is 0 Å². The van der Waals surface area contributed by atoms with Crippen molar-refractivity contribution in [3.05, 3.63) is 30.1 Å². The van der Waals surface area contributed by atoms with Gasteiger partial charge in [0.1, 0.15) is 0 Å². The highest BCUT2D eigenvalue weighted by molar-refractivity contribution is 7.86. The summed E-state index contributed by atoms with van der Waals surface area (Å²) in [5.41, 5.74) is 0.871. The highest BCUT2D eigenvalue weighted by Gasteiger charge is 2.14. The van der Waals surface area contributed by atoms with E-state index in [1.807, 2.05) is 0 Å². The smallest absolute Gasteiger partial charge is 0.265 e. The maximum absolute atomic E-state index is 11.1. The minimum absolute atomic E-state index is 0.290. The first-order valence-electron chi connectivity index (χ1n) is 4.21. The van der Waals surface area contributed by atoms with Gasteiger partial charge in [0.15, 0.2) is 0 Å². The number of aromatic nitrogens is 1. The minimum atomic E-state index is -3.60. The van der Waals surface area contributed by atoms with Gasteiger partial charge >= 0.3 is 0 Å². The summed E-state index contributed by atoms with van der Waals surface area (Å²) in [5, 5.41) is 5.02.